The van der Waals surface area contributed by atoms with Crippen LogP contribution >= 0.6 is 22.7 Å². The smallest absolute Gasteiger partial charge is 0.416 e. The molecule has 1 amide bonds. The topological polar surface area (TPSA) is 208 Å². The van der Waals surface area contributed by atoms with Crippen molar-refractivity contribution in [2.24, 2.45) is 5.73 Å². The second-order valence-electron chi connectivity index (χ2n) is 16.6. The van der Waals surface area contributed by atoms with Crippen LogP contribution < -0.4 is 16.0 Å². The molecule has 0 aromatic carbocycles. The van der Waals surface area contributed by atoms with Gasteiger partial charge in [-0.05, 0) is 101 Å². The number of aliphatic hydroxyl groups is 1. The van der Waals surface area contributed by atoms with Crippen LogP contribution in [-0.2, 0) is 33.3 Å². The Hall–Kier alpha value is -5.76. The van der Waals surface area contributed by atoms with Gasteiger partial charge in [-0.1, -0.05) is 12.8 Å². The van der Waals surface area contributed by atoms with E-state index in [0.29, 0.717) is 78.2 Å². The number of ether oxygens (including phenoxy) is 1. The maximum Gasteiger partial charge on any atom is 0.416 e. The Morgan fingerprint density at radius 1 is 0.810 bits per heavy atom. The molecular formula is C44H49F2N11O4S2. The Labute approximate surface area is 371 Å². The summed E-state index contributed by atoms with van der Waals surface area (Å²) in [7, 11) is 0. The minimum Gasteiger partial charge on any atom is -0.443 e. The van der Waals surface area contributed by atoms with Crippen LogP contribution in [0.25, 0.3) is 21.4 Å². The molecule has 0 aliphatic heterocycles. The van der Waals surface area contributed by atoms with Crippen molar-refractivity contribution in [3.63, 3.8) is 0 Å². The number of hydrogen-bond donors (Lipinski definition) is 3. The Morgan fingerprint density at radius 3 is 1.89 bits per heavy atom. The van der Waals surface area contributed by atoms with Gasteiger partial charge in [-0.3, -0.25) is 19.7 Å². The molecule has 330 valence electrons. The number of aryl methyl sites for hydroxylation is 1. The number of Topliss-reactive ketones (excluding diaryl/α,β-unsaturated/α-hetero) is 1. The van der Waals surface area contributed by atoms with Gasteiger partial charge in [0, 0.05) is 71.4 Å². The highest BCUT2D eigenvalue weighted by Gasteiger charge is 2.46. The van der Waals surface area contributed by atoms with Crippen molar-refractivity contribution in [3.05, 3.63) is 106 Å². The lowest BCUT2D eigenvalue weighted by atomic mass is 9.66. The molecule has 2 saturated carbocycles. The Balaban J connectivity index is 0.000000190. The Bertz CT molecular complexity index is 2490. The average molecular weight is 898 g/mol. The predicted octanol–water partition coefficient (Wildman–Crippen LogP) is 7.62. The van der Waals surface area contributed by atoms with E-state index in [4.69, 9.17) is 15.6 Å². The average Bonchev–Trinajstić information content (AvgIpc) is 3.94. The number of rotatable bonds is 15. The molecule has 6 heterocycles. The molecule has 0 atom stereocenters. The lowest BCUT2D eigenvalue weighted by Gasteiger charge is -2.44. The number of thiazole rings is 2. The molecule has 4 N–H and O–H groups in total. The standard InChI is InChI=1S/C23H27FN6O2S.C21H22FN5O2S/c1-22(2,3)32-21(31)30(14-23(9-5-10-23)19-16(24)6-4-11-26-19)18-8-7-17(28-29-18)20-27-13-15(12-25)33-20;22-16-3-1-10-23-19(16)21(8-2-9-21)13-25-18-7-6-17(26-27-18)20-24-11-15(30-20)5-4-14(29)12-28/h4,6-8,11,13H,5,9-10,12,14,25H2,1-3H3;1,3,6-7,10-11,28H,2,4-5,8-9,12-13H2,(H,25,27). The van der Waals surface area contributed by atoms with Crippen molar-refractivity contribution in [1.82, 2.24) is 40.3 Å². The predicted molar refractivity (Wildman–Crippen MR) is 236 cm³/mol. The van der Waals surface area contributed by atoms with Gasteiger partial charge in [0.25, 0.3) is 0 Å². The molecular weight excluding hydrogens is 849 g/mol. The van der Waals surface area contributed by atoms with E-state index in [0.717, 1.165) is 40.4 Å². The fourth-order valence-electron chi connectivity index (χ4n) is 7.37. The van der Waals surface area contributed by atoms with Gasteiger partial charge in [-0.15, -0.1) is 43.1 Å². The minimum atomic E-state index is -0.703. The number of carbonyl (C=O) groups excluding carboxylic acids is 2. The van der Waals surface area contributed by atoms with Crippen LogP contribution in [0.15, 0.2) is 73.3 Å². The number of nitrogens with zero attached hydrogens (tertiary/aromatic N) is 9. The van der Waals surface area contributed by atoms with Crippen molar-refractivity contribution < 1.29 is 28.2 Å². The number of nitrogens with one attached hydrogen (secondary N) is 1. The normalized spacial score (nSPS) is 15.0. The molecule has 0 bridgehead atoms. The molecule has 63 heavy (non-hydrogen) atoms. The third-order valence-electron chi connectivity index (χ3n) is 11.0. The van der Waals surface area contributed by atoms with Gasteiger partial charge in [-0.2, -0.15) is 0 Å². The monoisotopic (exact) mass is 897 g/mol. The van der Waals surface area contributed by atoms with Gasteiger partial charge in [-0.25, -0.2) is 23.5 Å². The van der Waals surface area contributed by atoms with E-state index in [9.17, 15) is 18.4 Å². The van der Waals surface area contributed by atoms with E-state index >= 15 is 0 Å². The summed E-state index contributed by atoms with van der Waals surface area (Å²) in [5.74, 6) is 0.121. The number of nitrogens with two attached hydrogens (primary N) is 1. The van der Waals surface area contributed by atoms with Crippen molar-refractivity contribution in [3.8, 4) is 21.4 Å². The van der Waals surface area contributed by atoms with Crippen LogP contribution in [0.3, 0.4) is 0 Å². The molecule has 2 aliphatic carbocycles. The molecule has 6 aromatic rings. The molecule has 2 fully saturated rings. The third-order valence-corrected chi connectivity index (χ3v) is 13.1. The number of aliphatic hydroxyl groups excluding tert-OH is 1. The summed E-state index contributed by atoms with van der Waals surface area (Å²) in [5, 5.41) is 30.6. The minimum absolute atomic E-state index is 0.185. The van der Waals surface area contributed by atoms with Crippen molar-refractivity contribution in [2.45, 2.75) is 95.1 Å². The van der Waals surface area contributed by atoms with Gasteiger partial charge >= 0.3 is 6.09 Å². The molecule has 0 unspecified atom stereocenters. The first-order valence-electron chi connectivity index (χ1n) is 20.7. The second kappa shape index (κ2) is 19.7. The van der Waals surface area contributed by atoms with Crippen LogP contribution in [-0.4, -0.2) is 82.6 Å². The zero-order chi connectivity index (χ0) is 44.6. The molecule has 6 aromatic heterocycles. The van der Waals surface area contributed by atoms with E-state index in [2.05, 4.69) is 45.6 Å². The van der Waals surface area contributed by atoms with Crippen LogP contribution in [0, 0.1) is 11.6 Å². The van der Waals surface area contributed by atoms with E-state index in [1.165, 1.54) is 39.7 Å². The molecule has 8 rings (SSSR count). The number of hydrogen-bond acceptors (Lipinski definition) is 16. The zero-order valence-corrected chi connectivity index (χ0v) is 36.9. The number of halogens is 2. The number of anilines is 2. The van der Waals surface area contributed by atoms with E-state index in [-0.39, 0.29) is 29.4 Å². The van der Waals surface area contributed by atoms with Gasteiger partial charge < -0.3 is 20.9 Å². The first kappa shape index (κ1) is 45.3. The fraction of sp³-hybridized carbons (Fsp3) is 0.409. The first-order chi connectivity index (χ1) is 30.3. The maximum atomic E-state index is 14.7. The van der Waals surface area contributed by atoms with Crippen molar-refractivity contribution in [1.29, 1.82) is 0 Å². The number of aromatic nitrogens is 8. The molecule has 0 saturated heterocycles. The first-order valence-corrected chi connectivity index (χ1v) is 22.3. The van der Waals surface area contributed by atoms with Crippen molar-refractivity contribution >= 4 is 46.2 Å². The molecule has 0 radical (unpaired) electrons. The largest absolute Gasteiger partial charge is 0.443 e. The van der Waals surface area contributed by atoms with Crippen LogP contribution in [0.2, 0.25) is 0 Å². The van der Waals surface area contributed by atoms with Crippen LogP contribution in [0.4, 0.5) is 25.2 Å². The van der Waals surface area contributed by atoms with Gasteiger partial charge in [0.2, 0.25) is 0 Å². The number of ketones is 1. The van der Waals surface area contributed by atoms with E-state index < -0.39 is 23.7 Å². The second-order valence-corrected chi connectivity index (χ2v) is 18.8. The summed E-state index contributed by atoms with van der Waals surface area (Å²) in [6.07, 6.45) is 12.1. The van der Waals surface area contributed by atoms with E-state index in [1.807, 2.05) is 12.1 Å². The number of amides is 1. The maximum absolute atomic E-state index is 14.7. The Morgan fingerprint density at radius 2 is 1.40 bits per heavy atom. The van der Waals surface area contributed by atoms with E-state index in [1.54, 1.807) is 69.8 Å². The summed E-state index contributed by atoms with van der Waals surface area (Å²) < 4.78 is 34.5. The van der Waals surface area contributed by atoms with Crippen molar-refractivity contribution in [2.75, 3.05) is 29.9 Å². The van der Waals surface area contributed by atoms with Crippen LogP contribution in [0.5, 0.6) is 0 Å². The summed E-state index contributed by atoms with van der Waals surface area (Å²) in [6.45, 7) is 6.11. The molecule has 2 aliphatic rings. The summed E-state index contributed by atoms with van der Waals surface area (Å²) >= 11 is 2.90. The van der Waals surface area contributed by atoms with Crippen LogP contribution in [0.1, 0.15) is 86.9 Å². The SMILES string of the molecule is CC(C)(C)OC(=O)N(CC1(c2ncccc2F)CCC1)c1ccc(-c2ncc(CN)s2)nn1.O=C(CO)CCc1cnc(-c2ccc(NCC3(c4ncccc4F)CCC3)nn2)s1. The van der Waals surface area contributed by atoms with Gasteiger partial charge in [0.05, 0.1) is 11.4 Å². The Kier molecular flexibility index (Phi) is 14.2. The molecule has 15 nitrogen and oxygen atoms in total. The molecule has 0 spiro atoms. The summed E-state index contributed by atoms with van der Waals surface area (Å²) in [5.41, 5.74) is 6.18. The fourth-order valence-corrected chi connectivity index (χ4v) is 9.00. The highest BCUT2D eigenvalue weighted by atomic mass is 32.1. The third kappa shape index (κ3) is 10.9. The quantitative estimate of drug-likeness (QED) is 0.0907. The number of pyridine rings is 2. The van der Waals surface area contributed by atoms with Gasteiger partial charge in [0.1, 0.15) is 51.1 Å². The summed E-state index contributed by atoms with van der Waals surface area (Å²) in [6, 6.07) is 13.2. The lowest BCUT2D eigenvalue weighted by Crippen LogP contribution is -2.50. The zero-order valence-electron chi connectivity index (χ0n) is 35.3. The number of carbonyl (C=O) groups is 2. The highest BCUT2D eigenvalue weighted by Crippen LogP contribution is 2.46. The summed E-state index contributed by atoms with van der Waals surface area (Å²) in [4.78, 5) is 45.0. The van der Waals surface area contributed by atoms with Gasteiger partial charge in [0.15, 0.2) is 11.6 Å². The molecule has 19 heteroatoms. The lowest BCUT2D eigenvalue weighted by molar-refractivity contribution is -0.121. The highest BCUT2D eigenvalue weighted by molar-refractivity contribution is 7.15.